The van der Waals surface area contributed by atoms with Crippen LogP contribution in [0.4, 0.5) is 0 Å². The van der Waals surface area contributed by atoms with Crippen LogP contribution < -0.4 is 10.6 Å². The number of carbonyl (C=O) groups is 1. The van der Waals surface area contributed by atoms with Crippen molar-refractivity contribution >= 4 is 16.0 Å². The lowest BCUT2D eigenvalue weighted by Crippen LogP contribution is -2.34. The number of rotatable bonds is 5. The Hall–Kier alpha value is -0.700. The summed E-state index contributed by atoms with van der Waals surface area (Å²) in [5.41, 5.74) is 5.00. The maximum Gasteiger partial charge on any atom is 0.320 e. The van der Waals surface area contributed by atoms with Gasteiger partial charge in [0.25, 0.3) is 0 Å². The molecule has 0 aliphatic carbocycles. The van der Waals surface area contributed by atoms with Gasteiger partial charge in [0, 0.05) is 0 Å². The Morgan fingerprint density at radius 3 is 2.42 bits per heavy atom. The second-order valence-electron chi connectivity index (χ2n) is 2.14. The third-order valence-corrected chi connectivity index (χ3v) is 2.21. The number of nitrogens with two attached hydrogens (primary N) is 1. The van der Waals surface area contributed by atoms with Crippen molar-refractivity contribution in [3.63, 3.8) is 0 Å². The topological polar surface area (TPSA) is 130 Å². The lowest BCUT2D eigenvalue weighted by atomic mass is 10.2. The summed E-state index contributed by atoms with van der Waals surface area (Å²) in [4.78, 5) is 11.2. The van der Waals surface area contributed by atoms with E-state index in [1.807, 2.05) is 0 Å². The summed E-state index contributed by atoms with van der Waals surface area (Å²) in [6.45, 7) is 0. The number of hydrogen-bond donors (Lipinski definition) is 4. The van der Waals surface area contributed by atoms with Gasteiger partial charge < -0.3 is 16.0 Å². The zero-order valence-corrected chi connectivity index (χ0v) is 6.91. The maximum absolute atomic E-state index is 10.5. The molecule has 1 atom stereocenters. The van der Waals surface area contributed by atoms with Crippen molar-refractivity contribution in [2.24, 2.45) is 5.73 Å². The molecule has 0 amide bonds. The molecule has 0 saturated heterocycles. The molecule has 8 heteroatoms. The highest BCUT2D eigenvalue weighted by Gasteiger charge is 2.16. The molecule has 0 unspecified atom stereocenters. The van der Waals surface area contributed by atoms with E-state index in [1.165, 1.54) is 0 Å². The molecule has 0 aromatic carbocycles. The van der Waals surface area contributed by atoms with E-state index in [9.17, 15) is 13.2 Å². The minimum Gasteiger partial charge on any atom is -0.480 e. The largest absolute Gasteiger partial charge is 0.480 e. The van der Waals surface area contributed by atoms with Crippen LogP contribution in [0.5, 0.6) is 0 Å². The fourth-order valence-electron chi connectivity index (χ4n) is 0.451. The van der Waals surface area contributed by atoms with Crippen molar-refractivity contribution in [2.45, 2.75) is 12.5 Å². The second-order valence-corrected chi connectivity index (χ2v) is 3.96. The minimum absolute atomic E-state index is 0.245. The fourth-order valence-corrected chi connectivity index (χ4v) is 1.11. The van der Waals surface area contributed by atoms with Gasteiger partial charge in [-0.25, -0.2) is 8.42 Å². The van der Waals surface area contributed by atoms with Gasteiger partial charge in [-0.3, -0.25) is 4.79 Å². The molecule has 0 spiro atoms. The van der Waals surface area contributed by atoms with Gasteiger partial charge in [-0.05, 0) is 6.42 Å². The quantitative estimate of drug-likeness (QED) is 0.382. The van der Waals surface area contributed by atoms with Gasteiger partial charge in [-0.1, -0.05) is 4.89 Å². The highest BCUT2D eigenvalue weighted by Crippen LogP contribution is 1.92. The van der Waals surface area contributed by atoms with Crippen LogP contribution in [-0.2, 0) is 14.8 Å². The average molecular weight is 198 g/mol. The third-order valence-electron chi connectivity index (χ3n) is 1.15. The molecule has 0 aliphatic rings. The summed E-state index contributed by atoms with van der Waals surface area (Å²) < 4.78 is 21.0. The fraction of sp³-hybridized carbons (Fsp3) is 0.750. The lowest BCUT2D eigenvalue weighted by Gasteiger charge is -2.04. The molecule has 0 aliphatic heterocycles. The van der Waals surface area contributed by atoms with Crippen LogP contribution in [0, 0.1) is 0 Å². The van der Waals surface area contributed by atoms with Gasteiger partial charge in [0.2, 0.25) is 10.0 Å². The molecule has 0 fully saturated rings. The summed E-state index contributed by atoms with van der Waals surface area (Å²) in [5.74, 6) is -1.79. The van der Waals surface area contributed by atoms with Gasteiger partial charge in [0.15, 0.2) is 0 Å². The minimum atomic E-state index is -3.79. The van der Waals surface area contributed by atoms with Crippen LogP contribution in [-0.4, -0.2) is 36.5 Å². The Morgan fingerprint density at radius 2 is 2.08 bits per heavy atom. The van der Waals surface area contributed by atoms with E-state index in [4.69, 9.17) is 16.0 Å². The van der Waals surface area contributed by atoms with Crippen LogP contribution in [0.15, 0.2) is 0 Å². The van der Waals surface area contributed by atoms with Crippen LogP contribution in [0.1, 0.15) is 6.42 Å². The first kappa shape index (κ1) is 11.3. The zero-order chi connectivity index (χ0) is 9.78. The number of nitrogens with one attached hydrogen (secondary N) is 1. The average Bonchev–Trinajstić information content (AvgIpc) is 2.00. The van der Waals surface area contributed by atoms with Crippen molar-refractivity contribution in [1.82, 2.24) is 4.89 Å². The molecule has 7 nitrogen and oxygen atoms in total. The standard InChI is InChI=1S/C4H10N2O5S/c5-3(4(7)8)1-2-12(10,11)6-9/h3,6,9H,1-2,5H2,(H,7,8)/t3-/m1/s1. The molecular weight excluding hydrogens is 188 g/mol. The van der Waals surface area contributed by atoms with E-state index in [2.05, 4.69) is 0 Å². The number of carboxylic acid groups (broad SMARTS) is 1. The maximum atomic E-state index is 10.5. The van der Waals surface area contributed by atoms with E-state index >= 15 is 0 Å². The van der Waals surface area contributed by atoms with Crippen molar-refractivity contribution in [3.05, 3.63) is 0 Å². The van der Waals surface area contributed by atoms with Crippen molar-refractivity contribution in [3.8, 4) is 0 Å². The summed E-state index contributed by atoms with van der Waals surface area (Å²) in [5, 5.41) is 16.3. The van der Waals surface area contributed by atoms with Gasteiger partial charge in [-0.15, -0.1) is 0 Å². The summed E-state index contributed by atoms with van der Waals surface area (Å²) in [6, 6.07) is -1.23. The zero-order valence-electron chi connectivity index (χ0n) is 6.10. The van der Waals surface area contributed by atoms with Crippen LogP contribution in [0.25, 0.3) is 0 Å². The van der Waals surface area contributed by atoms with Gasteiger partial charge in [-0.2, -0.15) is 0 Å². The number of carboxylic acids is 1. The summed E-state index contributed by atoms with van der Waals surface area (Å²) in [7, 11) is -3.79. The number of hydrogen-bond acceptors (Lipinski definition) is 5. The van der Waals surface area contributed by atoms with E-state index in [-0.39, 0.29) is 6.42 Å². The van der Waals surface area contributed by atoms with E-state index in [0.717, 1.165) is 4.89 Å². The molecule has 72 valence electrons. The van der Waals surface area contributed by atoms with Gasteiger partial charge in [0.1, 0.15) is 6.04 Å². The lowest BCUT2D eigenvalue weighted by molar-refractivity contribution is -0.138. The SMILES string of the molecule is N[C@H](CCS(=O)(=O)NO)C(=O)O. The first-order valence-corrected chi connectivity index (χ1v) is 4.66. The van der Waals surface area contributed by atoms with Crippen molar-refractivity contribution in [2.75, 3.05) is 5.75 Å². The van der Waals surface area contributed by atoms with Gasteiger partial charge in [0.05, 0.1) is 5.75 Å². The molecule has 12 heavy (non-hydrogen) atoms. The molecule has 0 bridgehead atoms. The second kappa shape index (κ2) is 4.36. The number of sulfonamides is 1. The van der Waals surface area contributed by atoms with Crippen LogP contribution in [0.3, 0.4) is 0 Å². The highest BCUT2D eigenvalue weighted by atomic mass is 32.2. The predicted octanol–water partition coefficient (Wildman–Crippen LogP) is -1.90. The smallest absolute Gasteiger partial charge is 0.320 e. The summed E-state index contributed by atoms with van der Waals surface area (Å²) >= 11 is 0. The Morgan fingerprint density at radius 1 is 1.58 bits per heavy atom. The van der Waals surface area contributed by atoms with E-state index < -0.39 is 27.8 Å². The molecule has 0 aromatic rings. The van der Waals surface area contributed by atoms with E-state index in [0.29, 0.717) is 0 Å². The Bertz CT molecular complexity index is 248. The Labute approximate surface area is 69.2 Å². The normalized spacial score (nSPS) is 14.2. The number of aliphatic carboxylic acids is 1. The predicted molar refractivity (Wildman–Crippen MR) is 38.9 cm³/mol. The Balaban J connectivity index is 3.92. The molecule has 5 N–H and O–H groups in total. The highest BCUT2D eigenvalue weighted by molar-refractivity contribution is 7.89. The third kappa shape index (κ3) is 4.23. The monoisotopic (exact) mass is 198 g/mol. The molecule has 0 radical (unpaired) electrons. The Kier molecular flexibility index (Phi) is 4.10. The summed E-state index contributed by atoms with van der Waals surface area (Å²) in [6.07, 6.45) is -0.245. The van der Waals surface area contributed by atoms with Gasteiger partial charge >= 0.3 is 5.97 Å². The van der Waals surface area contributed by atoms with E-state index in [1.54, 1.807) is 0 Å². The van der Waals surface area contributed by atoms with Crippen LogP contribution in [0.2, 0.25) is 0 Å². The molecular formula is C4H10N2O5S. The molecule has 0 rings (SSSR count). The van der Waals surface area contributed by atoms with Crippen molar-refractivity contribution < 1.29 is 23.5 Å². The molecule has 0 saturated carbocycles. The first-order valence-electron chi connectivity index (χ1n) is 3.01. The molecule has 0 heterocycles. The molecule has 0 aromatic heterocycles. The first-order chi connectivity index (χ1) is 5.39. The van der Waals surface area contributed by atoms with Crippen molar-refractivity contribution in [1.29, 1.82) is 0 Å². The van der Waals surface area contributed by atoms with Crippen LogP contribution >= 0.6 is 0 Å².